The lowest BCUT2D eigenvalue weighted by atomic mass is 9.85. The summed E-state index contributed by atoms with van der Waals surface area (Å²) in [6.45, 7) is 1.69. The first kappa shape index (κ1) is 11.7. The molecule has 0 bridgehead atoms. The maximum Gasteiger partial charge on any atom is 0.137 e. The Balaban J connectivity index is 2.12. The fourth-order valence-corrected chi connectivity index (χ4v) is 2.92. The predicted molar refractivity (Wildman–Crippen MR) is 73.5 cm³/mol. The molecule has 1 unspecified atom stereocenters. The van der Waals surface area contributed by atoms with E-state index in [1.54, 1.807) is 0 Å². The van der Waals surface area contributed by atoms with Crippen LogP contribution in [0.1, 0.15) is 24.8 Å². The molecular weight excluding hydrogens is 225 g/mol. The third-order valence-corrected chi connectivity index (χ3v) is 3.90. The number of nitrogens with one attached hydrogen (secondary N) is 1. The van der Waals surface area contributed by atoms with Crippen molar-refractivity contribution in [2.45, 2.75) is 24.9 Å². The van der Waals surface area contributed by atoms with E-state index in [4.69, 9.17) is 0 Å². The fourth-order valence-electron chi connectivity index (χ4n) is 2.92. The summed E-state index contributed by atoms with van der Waals surface area (Å²) in [6, 6.07) is 14.1. The Morgan fingerprint density at radius 2 is 1.78 bits per heavy atom. The van der Waals surface area contributed by atoms with E-state index in [1.165, 1.54) is 0 Å². The average molecular weight is 243 g/mol. The van der Waals surface area contributed by atoms with Gasteiger partial charge in [0.15, 0.2) is 0 Å². The summed E-state index contributed by atoms with van der Waals surface area (Å²) in [5.74, 6) is 0. The van der Waals surface area contributed by atoms with Crippen LogP contribution in [0.3, 0.4) is 0 Å². The molecule has 1 nitrogen and oxygen atoms in total. The molecule has 1 fully saturated rings. The van der Waals surface area contributed by atoms with Gasteiger partial charge in [0.2, 0.25) is 0 Å². The molecule has 0 aliphatic carbocycles. The van der Waals surface area contributed by atoms with Crippen LogP contribution in [0, 0.1) is 0 Å². The van der Waals surface area contributed by atoms with Crippen LogP contribution in [0.25, 0.3) is 10.8 Å². The van der Waals surface area contributed by atoms with Crippen LogP contribution in [0.4, 0.5) is 4.39 Å². The lowest BCUT2D eigenvalue weighted by molar-refractivity contribution is 0.147. The second-order valence-electron chi connectivity index (χ2n) is 5.10. The summed E-state index contributed by atoms with van der Waals surface area (Å²) >= 11 is 0. The zero-order valence-electron chi connectivity index (χ0n) is 10.5. The monoisotopic (exact) mass is 243 g/mol. The Hall–Kier alpha value is -1.41. The lowest BCUT2D eigenvalue weighted by Crippen LogP contribution is -2.22. The number of rotatable bonds is 1. The molecule has 3 rings (SSSR count). The highest BCUT2D eigenvalue weighted by atomic mass is 19.1. The molecule has 1 atom stereocenters. The van der Waals surface area contributed by atoms with E-state index >= 15 is 4.39 Å². The zero-order valence-corrected chi connectivity index (χ0v) is 10.5. The topological polar surface area (TPSA) is 12.0 Å². The predicted octanol–water partition coefficient (Wildman–Crippen LogP) is 3.78. The highest BCUT2D eigenvalue weighted by Crippen LogP contribution is 2.39. The van der Waals surface area contributed by atoms with E-state index in [0.29, 0.717) is 12.8 Å². The van der Waals surface area contributed by atoms with Crippen molar-refractivity contribution < 1.29 is 4.39 Å². The molecule has 0 radical (unpaired) electrons. The molecule has 0 saturated carbocycles. The molecule has 94 valence electrons. The molecular formula is C16H18FN. The molecule has 1 heterocycles. The van der Waals surface area contributed by atoms with Gasteiger partial charge in [0.05, 0.1) is 0 Å². The van der Waals surface area contributed by atoms with Crippen LogP contribution in [0.15, 0.2) is 42.5 Å². The molecule has 2 aromatic carbocycles. The Bertz CT molecular complexity index is 536. The van der Waals surface area contributed by atoms with Crippen molar-refractivity contribution in [3.63, 3.8) is 0 Å². The quantitative estimate of drug-likeness (QED) is 0.803. The van der Waals surface area contributed by atoms with Gasteiger partial charge in [0, 0.05) is 0 Å². The summed E-state index contributed by atoms with van der Waals surface area (Å²) in [7, 11) is 0. The molecule has 1 N–H and O–H groups in total. The first-order valence-electron chi connectivity index (χ1n) is 6.67. The van der Waals surface area contributed by atoms with Crippen LogP contribution < -0.4 is 5.32 Å². The first-order chi connectivity index (χ1) is 8.80. The number of benzene rings is 2. The van der Waals surface area contributed by atoms with Gasteiger partial charge < -0.3 is 5.32 Å². The molecule has 1 aliphatic heterocycles. The smallest absolute Gasteiger partial charge is 0.137 e. The summed E-state index contributed by atoms with van der Waals surface area (Å²) < 4.78 is 15.3. The van der Waals surface area contributed by atoms with Crippen LogP contribution in [0.5, 0.6) is 0 Å². The van der Waals surface area contributed by atoms with Crippen molar-refractivity contribution in [2.75, 3.05) is 13.1 Å². The van der Waals surface area contributed by atoms with Crippen molar-refractivity contribution in [1.29, 1.82) is 0 Å². The maximum absolute atomic E-state index is 15.3. The standard InChI is InChI=1S/C16H18FN/c17-16(9-4-11-18-12-10-16)15-8-3-6-13-5-1-2-7-14(13)15/h1-3,5-8,18H,4,9-12H2. The summed E-state index contributed by atoms with van der Waals surface area (Å²) in [5.41, 5.74) is -0.311. The second-order valence-corrected chi connectivity index (χ2v) is 5.10. The SMILES string of the molecule is FC1(c2cccc3ccccc23)CCCNCC1. The first-order valence-corrected chi connectivity index (χ1v) is 6.67. The Morgan fingerprint density at radius 3 is 2.72 bits per heavy atom. The van der Waals surface area contributed by atoms with E-state index in [0.717, 1.165) is 35.8 Å². The highest BCUT2D eigenvalue weighted by Gasteiger charge is 2.33. The summed E-state index contributed by atoms with van der Waals surface area (Å²) in [6.07, 6.45) is 2.09. The van der Waals surface area contributed by atoms with E-state index in [2.05, 4.69) is 17.4 Å². The Kier molecular flexibility index (Phi) is 3.04. The minimum atomic E-state index is -1.18. The summed E-state index contributed by atoms with van der Waals surface area (Å²) in [4.78, 5) is 0. The molecule has 0 spiro atoms. The Morgan fingerprint density at radius 1 is 0.944 bits per heavy atom. The minimum absolute atomic E-state index is 0.570. The number of hydrogen-bond donors (Lipinski definition) is 1. The molecule has 1 saturated heterocycles. The largest absolute Gasteiger partial charge is 0.317 e. The molecule has 2 heteroatoms. The number of hydrogen-bond acceptors (Lipinski definition) is 1. The van der Waals surface area contributed by atoms with E-state index in [1.807, 2.05) is 30.3 Å². The molecule has 1 aliphatic rings. The lowest BCUT2D eigenvalue weighted by Gasteiger charge is -2.25. The summed E-state index contributed by atoms with van der Waals surface area (Å²) in [5, 5.41) is 5.47. The van der Waals surface area contributed by atoms with E-state index < -0.39 is 5.67 Å². The molecule has 2 aromatic rings. The van der Waals surface area contributed by atoms with Gasteiger partial charge in [-0.1, -0.05) is 42.5 Å². The maximum atomic E-state index is 15.3. The third-order valence-electron chi connectivity index (χ3n) is 3.90. The molecule has 0 aromatic heterocycles. The van der Waals surface area contributed by atoms with Crippen molar-refractivity contribution in [3.8, 4) is 0 Å². The van der Waals surface area contributed by atoms with Gasteiger partial charge in [-0.05, 0) is 48.7 Å². The van der Waals surface area contributed by atoms with Gasteiger partial charge in [-0.15, -0.1) is 0 Å². The van der Waals surface area contributed by atoms with Gasteiger partial charge >= 0.3 is 0 Å². The Labute approximate surface area is 107 Å². The average Bonchev–Trinajstić information content (AvgIpc) is 2.64. The van der Waals surface area contributed by atoms with Crippen molar-refractivity contribution in [2.24, 2.45) is 0 Å². The van der Waals surface area contributed by atoms with Crippen LogP contribution >= 0.6 is 0 Å². The number of alkyl halides is 1. The van der Waals surface area contributed by atoms with Crippen molar-refractivity contribution >= 4 is 10.8 Å². The third kappa shape index (κ3) is 2.01. The van der Waals surface area contributed by atoms with Gasteiger partial charge in [-0.25, -0.2) is 4.39 Å². The van der Waals surface area contributed by atoms with Gasteiger partial charge in [-0.3, -0.25) is 0 Å². The minimum Gasteiger partial charge on any atom is -0.317 e. The van der Waals surface area contributed by atoms with Gasteiger partial charge in [-0.2, -0.15) is 0 Å². The fraction of sp³-hybridized carbons (Fsp3) is 0.375. The number of fused-ring (bicyclic) bond motifs is 1. The molecule has 0 amide bonds. The zero-order chi connectivity index (χ0) is 12.4. The second kappa shape index (κ2) is 4.69. The van der Waals surface area contributed by atoms with Crippen molar-refractivity contribution in [1.82, 2.24) is 5.32 Å². The van der Waals surface area contributed by atoms with Gasteiger partial charge in [0.25, 0.3) is 0 Å². The molecule has 18 heavy (non-hydrogen) atoms. The van der Waals surface area contributed by atoms with Gasteiger partial charge in [0.1, 0.15) is 5.67 Å². The van der Waals surface area contributed by atoms with E-state index in [9.17, 15) is 0 Å². The highest BCUT2D eigenvalue weighted by molar-refractivity contribution is 5.86. The number of halogens is 1. The van der Waals surface area contributed by atoms with Crippen LogP contribution in [0.2, 0.25) is 0 Å². The van der Waals surface area contributed by atoms with Crippen LogP contribution in [-0.4, -0.2) is 13.1 Å². The normalized spacial score (nSPS) is 24.9. The van der Waals surface area contributed by atoms with Crippen molar-refractivity contribution in [3.05, 3.63) is 48.0 Å². The van der Waals surface area contributed by atoms with Crippen LogP contribution in [-0.2, 0) is 5.67 Å². The van der Waals surface area contributed by atoms with E-state index in [-0.39, 0.29) is 0 Å².